The Bertz CT molecular complexity index is 519. The smallest absolute Gasteiger partial charge is 0.207 e. The van der Waals surface area contributed by atoms with Crippen LogP contribution >= 0.6 is 0 Å². The molecule has 0 bridgehead atoms. The average Bonchev–Trinajstić information content (AvgIpc) is 3.05. The fraction of sp³-hybridized carbons (Fsp3) is 0.976. The molecule has 0 aliphatic carbocycles. The van der Waals surface area contributed by atoms with E-state index in [1.54, 1.807) is 0 Å². The van der Waals surface area contributed by atoms with Crippen LogP contribution in [0.1, 0.15) is 213 Å². The van der Waals surface area contributed by atoms with Crippen molar-refractivity contribution < 1.29 is 4.79 Å². The summed E-state index contributed by atoms with van der Waals surface area (Å²) in [5.41, 5.74) is 0. The topological polar surface area (TPSA) is 35.6 Å². The first-order chi connectivity index (χ1) is 22.3. The van der Waals surface area contributed by atoms with Gasteiger partial charge in [-0.1, -0.05) is 194 Å². The lowest BCUT2D eigenvalue weighted by molar-refractivity contribution is -0.109. The van der Waals surface area contributed by atoms with Gasteiger partial charge in [0.05, 0.1) is 0 Å². The van der Waals surface area contributed by atoms with Crippen LogP contribution in [0.4, 0.5) is 0 Å². The number of rotatable bonds is 40. The first kappa shape index (κ1) is 44.4. The maximum Gasteiger partial charge on any atom is 0.207 e. The Labute approximate surface area is 285 Å². The Kier molecular flexibility index (Phi) is 39.0. The molecule has 1 N–H and O–H groups in total. The second kappa shape index (κ2) is 39.6. The van der Waals surface area contributed by atoms with Gasteiger partial charge in [-0.05, 0) is 38.9 Å². The van der Waals surface area contributed by atoms with E-state index in [9.17, 15) is 4.79 Å². The predicted molar refractivity (Wildman–Crippen MR) is 202 cm³/mol. The predicted octanol–water partition coefficient (Wildman–Crippen LogP) is 12.1. The normalized spacial score (nSPS) is 11.7. The summed E-state index contributed by atoms with van der Waals surface area (Å²) in [6, 6.07) is 0. The van der Waals surface area contributed by atoms with Crippen molar-refractivity contribution in [1.29, 1.82) is 0 Å². The van der Waals surface area contributed by atoms with Gasteiger partial charge in [0.15, 0.2) is 0 Å². The van der Waals surface area contributed by atoms with Crippen LogP contribution in [-0.2, 0) is 4.79 Å². The quantitative estimate of drug-likeness (QED) is 0.0537. The second-order valence-corrected chi connectivity index (χ2v) is 14.3. The lowest BCUT2D eigenvalue weighted by Gasteiger charge is -2.28. The van der Waals surface area contributed by atoms with Gasteiger partial charge in [-0.2, -0.15) is 0 Å². The molecule has 0 fully saturated rings. The fourth-order valence-corrected chi connectivity index (χ4v) is 6.70. The van der Waals surface area contributed by atoms with Gasteiger partial charge in [-0.15, -0.1) is 0 Å². The summed E-state index contributed by atoms with van der Waals surface area (Å²) in [6.45, 7) is 14.7. The van der Waals surface area contributed by atoms with E-state index in [1.807, 2.05) is 0 Å². The molecule has 45 heavy (non-hydrogen) atoms. The first-order valence-corrected chi connectivity index (χ1v) is 20.9. The molecular formula is C41H85N3O. The number of amides is 1. The molecule has 0 saturated heterocycles. The van der Waals surface area contributed by atoms with Crippen molar-refractivity contribution in [2.75, 3.05) is 45.8 Å². The summed E-state index contributed by atoms with van der Waals surface area (Å²) in [7, 11) is 0. The van der Waals surface area contributed by atoms with Gasteiger partial charge >= 0.3 is 0 Å². The maximum atomic E-state index is 10.9. The standard InChI is InChI=1S/C41H85N3O/c1-4-7-10-13-16-19-22-25-28-31-35-43(36-32-29-26-23-20-17-14-11-8-5-2)39-40-44(38-34-42-41-45)37-33-30-27-24-21-18-15-12-9-6-3/h41H,4-40H2,1-3H3,(H,42,45). The maximum absolute atomic E-state index is 10.9. The Morgan fingerprint density at radius 3 is 0.844 bits per heavy atom. The number of nitrogens with zero attached hydrogens (tertiary/aromatic N) is 2. The molecule has 4 nitrogen and oxygen atoms in total. The van der Waals surface area contributed by atoms with Gasteiger partial charge in [0, 0.05) is 26.2 Å². The monoisotopic (exact) mass is 636 g/mol. The lowest BCUT2D eigenvalue weighted by atomic mass is 10.1. The molecule has 0 heterocycles. The van der Waals surface area contributed by atoms with E-state index in [0.29, 0.717) is 0 Å². The van der Waals surface area contributed by atoms with Crippen LogP contribution in [-0.4, -0.2) is 62.0 Å². The number of nitrogens with one attached hydrogen (secondary N) is 1. The third-order valence-electron chi connectivity index (χ3n) is 9.87. The summed E-state index contributed by atoms with van der Waals surface area (Å²) in [5.74, 6) is 0. The number of unbranched alkanes of at least 4 members (excludes halogenated alkanes) is 27. The molecule has 0 aromatic carbocycles. The van der Waals surface area contributed by atoms with Crippen molar-refractivity contribution in [3.8, 4) is 0 Å². The molecule has 0 aliphatic rings. The van der Waals surface area contributed by atoms with Gasteiger partial charge in [-0.3, -0.25) is 4.79 Å². The Balaban J connectivity index is 4.44. The van der Waals surface area contributed by atoms with Crippen molar-refractivity contribution in [2.45, 2.75) is 213 Å². The fourth-order valence-electron chi connectivity index (χ4n) is 6.70. The number of carbonyl (C=O) groups is 1. The first-order valence-electron chi connectivity index (χ1n) is 20.9. The highest BCUT2D eigenvalue weighted by Crippen LogP contribution is 2.14. The Morgan fingerprint density at radius 1 is 0.333 bits per heavy atom. The minimum absolute atomic E-state index is 0.776. The lowest BCUT2D eigenvalue weighted by Crippen LogP contribution is -2.39. The SMILES string of the molecule is CCCCCCCCCCCCN(CCCCCCCCCCCC)CCN(CCCCCCCCCCCC)CCNC=O. The summed E-state index contributed by atoms with van der Waals surface area (Å²) in [6.07, 6.45) is 43.0. The minimum atomic E-state index is 0.776. The van der Waals surface area contributed by atoms with Crippen molar-refractivity contribution in [2.24, 2.45) is 0 Å². The zero-order chi connectivity index (χ0) is 32.7. The van der Waals surface area contributed by atoms with Crippen LogP contribution in [0.5, 0.6) is 0 Å². The molecule has 0 aromatic heterocycles. The van der Waals surface area contributed by atoms with Crippen molar-refractivity contribution >= 4 is 6.41 Å². The molecule has 1 amide bonds. The van der Waals surface area contributed by atoms with E-state index in [4.69, 9.17) is 0 Å². The van der Waals surface area contributed by atoms with Crippen LogP contribution in [0.2, 0.25) is 0 Å². The molecule has 0 radical (unpaired) electrons. The number of carbonyl (C=O) groups excluding carboxylic acids is 1. The van der Waals surface area contributed by atoms with Crippen molar-refractivity contribution in [1.82, 2.24) is 15.1 Å². The van der Waals surface area contributed by atoms with E-state index in [-0.39, 0.29) is 0 Å². The van der Waals surface area contributed by atoms with Gasteiger partial charge in [-0.25, -0.2) is 0 Å². The summed E-state index contributed by atoms with van der Waals surface area (Å²) in [4.78, 5) is 16.3. The molecule has 0 aliphatic heterocycles. The minimum Gasteiger partial charge on any atom is -0.357 e. The van der Waals surface area contributed by atoms with Crippen LogP contribution in [0, 0.1) is 0 Å². The third kappa shape index (κ3) is 36.1. The Morgan fingerprint density at radius 2 is 0.578 bits per heavy atom. The molecule has 0 spiro atoms. The van der Waals surface area contributed by atoms with Crippen molar-refractivity contribution in [3.05, 3.63) is 0 Å². The summed E-state index contributed by atoms with van der Waals surface area (Å²) >= 11 is 0. The molecule has 0 unspecified atom stereocenters. The molecular weight excluding hydrogens is 550 g/mol. The van der Waals surface area contributed by atoms with E-state index >= 15 is 0 Å². The molecule has 0 aromatic rings. The van der Waals surface area contributed by atoms with Gasteiger partial charge < -0.3 is 15.1 Å². The van der Waals surface area contributed by atoms with E-state index in [1.165, 1.54) is 219 Å². The third-order valence-corrected chi connectivity index (χ3v) is 9.87. The molecule has 0 rings (SSSR count). The van der Waals surface area contributed by atoms with Gasteiger partial charge in [0.2, 0.25) is 6.41 Å². The molecule has 0 atom stereocenters. The summed E-state index contributed by atoms with van der Waals surface area (Å²) in [5, 5.41) is 2.92. The molecule has 4 heteroatoms. The molecule has 270 valence electrons. The van der Waals surface area contributed by atoms with Crippen LogP contribution in [0.15, 0.2) is 0 Å². The second-order valence-electron chi connectivity index (χ2n) is 14.3. The van der Waals surface area contributed by atoms with Crippen LogP contribution < -0.4 is 5.32 Å². The van der Waals surface area contributed by atoms with Crippen LogP contribution in [0.3, 0.4) is 0 Å². The number of hydrogen-bond acceptors (Lipinski definition) is 3. The highest BCUT2D eigenvalue weighted by molar-refractivity contribution is 5.45. The number of hydrogen-bond donors (Lipinski definition) is 1. The van der Waals surface area contributed by atoms with E-state index < -0.39 is 0 Å². The molecule has 0 saturated carbocycles. The highest BCUT2D eigenvalue weighted by atomic mass is 16.1. The Hall–Kier alpha value is -0.610. The van der Waals surface area contributed by atoms with Crippen molar-refractivity contribution in [3.63, 3.8) is 0 Å². The van der Waals surface area contributed by atoms with Gasteiger partial charge in [0.1, 0.15) is 0 Å². The van der Waals surface area contributed by atoms with E-state index in [0.717, 1.165) is 26.0 Å². The highest BCUT2D eigenvalue weighted by Gasteiger charge is 2.10. The van der Waals surface area contributed by atoms with Gasteiger partial charge in [0.25, 0.3) is 0 Å². The zero-order valence-corrected chi connectivity index (χ0v) is 31.5. The summed E-state index contributed by atoms with van der Waals surface area (Å²) < 4.78 is 0. The average molecular weight is 636 g/mol. The van der Waals surface area contributed by atoms with Crippen LogP contribution in [0.25, 0.3) is 0 Å². The van der Waals surface area contributed by atoms with E-state index in [2.05, 4.69) is 35.9 Å². The largest absolute Gasteiger partial charge is 0.357 e. The zero-order valence-electron chi connectivity index (χ0n) is 31.5.